The fraction of sp³-hybridized carbons (Fsp3) is 0.429. The topological polar surface area (TPSA) is 110 Å². The lowest BCUT2D eigenvalue weighted by Gasteiger charge is -2.13. The number of rotatable bonds is 4. The molecule has 112 valence electrons. The average Bonchev–Trinajstić information content (AvgIpc) is 2.87. The maximum absolute atomic E-state index is 12.2. The summed E-state index contributed by atoms with van der Waals surface area (Å²) in [5.41, 5.74) is 0.759. The van der Waals surface area contributed by atoms with Gasteiger partial charge in [-0.3, -0.25) is 19.7 Å². The number of carbonyl (C=O) groups excluding carboxylic acids is 1. The molecule has 21 heavy (non-hydrogen) atoms. The minimum atomic E-state index is -0.849. The van der Waals surface area contributed by atoms with Gasteiger partial charge in [-0.2, -0.15) is 0 Å². The quantitative estimate of drug-likeness (QED) is 0.650. The Bertz CT molecular complexity index is 599. The molecule has 2 N–H and O–H groups in total. The number of hydrogen-bond acceptors (Lipinski definition) is 4. The number of benzene rings is 1. The Labute approximate surface area is 121 Å². The van der Waals surface area contributed by atoms with Crippen LogP contribution in [0.3, 0.4) is 0 Å². The minimum Gasteiger partial charge on any atom is -0.481 e. The molecular formula is C14H16N2O5. The van der Waals surface area contributed by atoms with Crippen LogP contribution in [0.15, 0.2) is 18.2 Å². The summed E-state index contributed by atoms with van der Waals surface area (Å²) in [4.78, 5) is 33.3. The van der Waals surface area contributed by atoms with Crippen molar-refractivity contribution in [1.29, 1.82) is 0 Å². The molecular weight excluding hydrogens is 276 g/mol. The molecule has 7 heteroatoms. The highest BCUT2D eigenvalue weighted by Crippen LogP contribution is 2.26. The molecule has 0 aromatic heterocycles. The molecule has 2 unspecified atom stereocenters. The molecule has 0 spiro atoms. The number of hydrogen-bond donors (Lipinski definition) is 2. The van der Waals surface area contributed by atoms with Crippen LogP contribution in [0.5, 0.6) is 0 Å². The highest BCUT2D eigenvalue weighted by Gasteiger charge is 2.31. The largest absolute Gasteiger partial charge is 0.481 e. The van der Waals surface area contributed by atoms with Gasteiger partial charge in [0.05, 0.1) is 10.8 Å². The van der Waals surface area contributed by atoms with E-state index < -0.39 is 22.7 Å². The van der Waals surface area contributed by atoms with Crippen molar-refractivity contribution in [3.05, 3.63) is 39.4 Å². The van der Waals surface area contributed by atoms with Crippen molar-refractivity contribution in [3.63, 3.8) is 0 Å². The average molecular weight is 292 g/mol. The Morgan fingerprint density at radius 1 is 1.38 bits per heavy atom. The predicted octanol–water partition coefficient (Wildman–Crippen LogP) is 1.89. The van der Waals surface area contributed by atoms with Gasteiger partial charge in [0.1, 0.15) is 0 Å². The van der Waals surface area contributed by atoms with Gasteiger partial charge in [-0.15, -0.1) is 0 Å². The van der Waals surface area contributed by atoms with Gasteiger partial charge in [-0.05, 0) is 31.7 Å². The first-order valence-corrected chi connectivity index (χ1v) is 6.67. The zero-order valence-electron chi connectivity index (χ0n) is 11.5. The lowest BCUT2D eigenvalue weighted by atomic mass is 10.1. The summed E-state index contributed by atoms with van der Waals surface area (Å²) in [6.45, 7) is 1.70. The van der Waals surface area contributed by atoms with Gasteiger partial charge in [-0.1, -0.05) is 6.07 Å². The molecule has 2 atom stereocenters. The third kappa shape index (κ3) is 3.36. The molecule has 0 bridgehead atoms. The van der Waals surface area contributed by atoms with E-state index in [4.69, 9.17) is 5.11 Å². The van der Waals surface area contributed by atoms with Gasteiger partial charge in [0, 0.05) is 23.7 Å². The van der Waals surface area contributed by atoms with Crippen molar-refractivity contribution < 1.29 is 19.6 Å². The van der Waals surface area contributed by atoms with E-state index in [1.165, 1.54) is 18.2 Å². The molecule has 0 saturated heterocycles. The third-order valence-corrected chi connectivity index (χ3v) is 3.79. The van der Waals surface area contributed by atoms with Crippen LogP contribution in [-0.4, -0.2) is 27.9 Å². The molecule has 0 radical (unpaired) electrons. The number of nitro benzene ring substituents is 1. The highest BCUT2D eigenvalue weighted by atomic mass is 16.6. The lowest BCUT2D eigenvalue weighted by molar-refractivity contribution is -0.384. The zero-order valence-corrected chi connectivity index (χ0v) is 11.5. The van der Waals surface area contributed by atoms with Crippen LogP contribution < -0.4 is 5.32 Å². The van der Waals surface area contributed by atoms with Crippen LogP contribution in [-0.2, 0) is 4.79 Å². The van der Waals surface area contributed by atoms with Gasteiger partial charge >= 0.3 is 5.97 Å². The minimum absolute atomic E-state index is 0.138. The van der Waals surface area contributed by atoms with E-state index in [0.717, 1.165) is 0 Å². The smallest absolute Gasteiger partial charge is 0.306 e. The fourth-order valence-electron chi connectivity index (χ4n) is 2.57. The Morgan fingerprint density at radius 3 is 2.67 bits per heavy atom. The number of non-ortho nitro benzene ring substituents is 1. The molecule has 1 aliphatic rings. The molecule has 0 heterocycles. The predicted molar refractivity (Wildman–Crippen MR) is 74.1 cm³/mol. The van der Waals surface area contributed by atoms with E-state index >= 15 is 0 Å². The standard InChI is InChI=1S/C14H16N2O5/c1-8-2-5-11(16(20)21)7-12(8)13(17)15-10-4-3-9(6-10)14(18)19/h2,5,7,9-10H,3-4,6H2,1H3,(H,15,17)(H,18,19). The molecule has 2 rings (SSSR count). The summed E-state index contributed by atoms with van der Waals surface area (Å²) in [6, 6.07) is 3.93. The van der Waals surface area contributed by atoms with E-state index in [1.54, 1.807) is 6.92 Å². The second-order valence-corrected chi connectivity index (χ2v) is 5.27. The van der Waals surface area contributed by atoms with Gasteiger partial charge in [0.15, 0.2) is 0 Å². The van der Waals surface area contributed by atoms with Crippen LogP contribution >= 0.6 is 0 Å². The summed E-state index contributed by atoms with van der Waals surface area (Å²) < 4.78 is 0. The van der Waals surface area contributed by atoms with Crippen molar-refractivity contribution in [2.45, 2.75) is 32.2 Å². The summed E-state index contributed by atoms with van der Waals surface area (Å²) in [5.74, 6) is -1.67. The first kappa shape index (κ1) is 15.0. The van der Waals surface area contributed by atoms with Crippen molar-refractivity contribution in [3.8, 4) is 0 Å². The number of carboxylic acid groups (broad SMARTS) is 1. The van der Waals surface area contributed by atoms with Crippen LogP contribution in [0, 0.1) is 23.0 Å². The van der Waals surface area contributed by atoms with Crippen molar-refractivity contribution in [2.75, 3.05) is 0 Å². The van der Waals surface area contributed by atoms with Crippen molar-refractivity contribution in [2.24, 2.45) is 5.92 Å². The van der Waals surface area contributed by atoms with Crippen molar-refractivity contribution >= 4 is 17.6 Å². The summed E-state index contributed by atoms with van der Waals surface area (Å²) in [7, 11) is 0. The molecule has 1 amide bonds. The SMILES string of the molecule is Cc1ccc([N+](=O)[O-])cc1C(=O)NC1CCC(C(=O)O)C1. The second-order valence-electron chi connectivity index (χ2n) is 5.27. The van der Waals surface area contributed by atoms with Crippen LogP contribution in [0.1, 0.15) is 35.2 Å². The zero-order chi connectivity index (χ0) is 15.6. The van der Waals surface area contributed by atoms with E-state index in [0.29, 0.717) is 24.8 Å². The first-order valence-electron chi connectivity index (χ1n) is 6.67. The van der Waals surface area contributed by atoms with Crippen molar-refractivity contribution in [1.82, 2.24) is 5.32 Å². The summed E-state index contributed by atoms with van der Waals surface area (Å²) in [6.07, 6.45) is 1.54. The maximum Gasteiger partial charge on any atom is 0.306 e. The first-order chi connectivity index (χ1) is 9.88. The molecule has 1 aromatic rings. The number of nitrogens with zero attached hydrogens (tertiary/aromatic N) is 1. The van der Waals surface area contributed by atoms with Gasteiger partial charge < -0.3 is 10.4 Å². The van der Waals surface area contributed by atoms with E-state index in [1.807, 2.05) is 0 Å². The number of carbonyl (C=O) groups is 2. The van der Waals surface area contributed by atoms with E-state index in [2.05, 4.69) is 5.32 Å². The molecule has 7 nitrogen and oxygen atoms in total. The van der Waals surface area contributed by atoms with E-state index in [-0.39, 0.29) is 17.3 Å². The second kappa shape index (κ2) is 5.90. The van der Waals surface area contributed by atoms with Gasteiger partial charge in [-0.25, -0.2) is 0 Å². The maximum atomic E-state index is 12.2. The summed E-state index contributed by atoms with van der Waals surface area (Å²) in [5, 5.41) is 22.5. The molecule has 1 aromatic carbocycles. The normalized spacial score (nSPS) is 21.0. The van der Waals surface area contributed by atoms with E-state index in [9.17, 15) is 19.7 Å². The molecule has 1 saturated carbocycles. The highest BCUT2D eigenvalue weighted by molar-refractivity contribution is 5.96. The number of aryl methyl sites for hydroxylation is 1. The molecule has 1 aliphatic carbocycles. The number of nitro groups is 1. The van der Waals surface area contributed by atoms with Gasteiger partial charge in [0.25, 0.3) is 11.6 Å². The van der Waals surface area contributed by atoms with Crippen LogP contribution in [0.4, 0.5) is 5.69 Å². The number of aliphatic carboxylic acids is 1. The fourth-order valence-corrected chi connectivity index (χ4v) is 2.57. The molecule has 0 aliphatic heterocycles. The third-order valence-electron chi connectivity index (χ3n) is 3.79. The van der Waals surface area contributed by atoms with Crippen LogP contribution in [0.2, 0.25) is 0 Å². The lowest BCUT2D eigenvalue weighted by Crippen LogP contribution is -2.33. The monoisotopic (exact) mass is 292 g/mol. The van der Waals surface area contributed by atoms with Crippen LogP contribution in [0.25, 0.3) is 0 Å². The number of carboxylic acids is 1. The Hall–Kier alpha value is -2.44. The summed E-state index contributed by atoms with van der Waals surface area (Å²) >= 11 is 0. The Kier molecular flexibility index (Phi) is 4.21. The number of nitrogens with one attached hydrogen (secondary N) is 1. The number of amides is 1. The van der Waals surface area contributed by atoms with Gasteiger partial charge in [0.2, 0.25) is 0 Å². The Morgan fingerprint density at radius 2 is 2.10 bits per heavy atom. The molecule has 1 fully saturated rings. The Balaban J connectivity index is 2.09.